The summed E-state index contributed by atoms with van der Waals surface area (Å²) in [4.78, 5) is 14.3. The summed E-state index contributed by atoms with van der Waals surface area (Å²) in [6.07, 6.45) is 4.15. The first-order valence-electron chi connectivity index (χ1n) is 7.40. The van der Waals surface area contributed by atoms with Gasteiger partial charge in [-0.05, 0) is 25.3 Å². The fraction of sp³-hybridized carbons (Fsp3) is 0.562. The molecule has 20 heavy (non-hydrogen) atoms. The molecule has 1 saturated carbocycles. The lowest BCUT2D eigenvalue weighted by Crippen LogP contribution is -2.40. The second-order valence-electron chi connectivity index (χ2n) is 5.62. The number of carbonyl (C=O) groups excluding carboxylic acids is 1. The monoisotopic (exact) mass is 293 g/mol. The second-order valence-corrected chi connectivity index (χ2v) is 6.93. The summed E-state index contributed by atoms with van der Waals surface area (Å²) >= 11 is 1.78. The Bertz CT molecular complexity index is 489. The number of halogens is 1. The maximum Gasteiger partial charge on any atom is 0.225 e. The molecular weight excluding hydrogens is 273 g/mol. The highest BCUT2D eigenvalue weighted by molar-refractivity contribution is 7.99. The van der Waals surface area contributed by atoms with E-state index in [1.54, 1.807) is 17.8 Å². The van der Waals surface area contributed by atoms with Gasteiger partial charge in [-0.3, -0.25) is 4.79 Å². The molecule has 1 heterocycles. The van der Waals surface area contributed by atoms with E-state index in [0.29, 0.717) is 5.91 Å². The van der Waals surface area contributed by atoms with E-state index in [2.05, 4.69) is 0 Å². The average Bonchev–Trinajstić information content (AvgIpc) is 2.63. The molecule has 1 aliphatic heterocycles. The first-order valence-corrected chi connectivity index (χ1v) is 8.45. The smallest absolute Gasteiger partial charge is 0.225 e. The van der Waals surface area contributed by atoms with Crippen molar-refractivity contribution in [2.75, 3.05) is 18.8 Å². The lowest BCUT2D eigenvalue weighted by molar-refractivity contribution is -0.137. The predicted molar refractivity (Wildman–Crippen MR) is 80.1 cm³/mol. The third kappa shape index (κ3) is 2.85. The Kier molecular flexibility index (Phi) is 4.29. The van der Waals surface area contributed by atoms with Gasteiger partial charge in [0.15, 0.2) is 0 Å². The zero-order valence-electron chi connectivity index (χ0n) is 11.6. The minimum absolute atomic E-state index is 0.122. The highest BCUT2D eigenvalue weighted by Crippen LogP contribution is 2.36. The number of hydrogen-bond donors (Lipinski definition) is 0. The zero-order valence-corrected chi connectivity index (χ0v) is 12.4. The number of hydrogen-bond acceptors (Lipinski definition) is 2. The lowest BCUT2D eigenvalue weighted by atomic mass is 9.84. The summed E-state index contributed by atoms with van der Waals surface area (Å²) in [7, 11) is 0. The molecule has 2 nitrogen and oxygen atoms in total. The van der Waals surface area contributed by atoms with Crippen LogP contribution < -0.4 is 0 Å². The van der Waals surface area contributed by atoms with Crippen LogP contribution in [0, 0.1) is 11.7 Å². The Morgan fingerprint density at radius 2 is 2.00 bits per heavy atom. The Morgan fingerprint density at radius 1 is 1.20 bits per heavy atom. The van der Waals surface area contributed by atoms with E-state index in [0.717, 1.165) is 43.7 Å². The molecule has 0 bridgehead atoms. The molecule has 1 amide bonds. The van der Waals surface area contributed by atoms with Crippen molar-refractivity contribution in [2.45, 2.75) is 30.9 Å². The number of benzene rings is 1. The van der Waals surface area contributed by atoms with E-state index in [-0.39, 0.29) is 17.0 Å². The molecule has 0 N–H and O–H groups in total. The molecule has 0 spiro atoms. The lowest BCUT2D eigenvalue weighted by Gasteiger charge is -2.30. The number of thioether (sulfide) groups is 1. The SMILES string of the molecule is O=C(C1CCC1)N1CCS[C@@H](c2ccccc2F)CC1. The van der Waals surface area contributed by atoms with Gasteiger partial charge in [0.2, 0.25) is 5.91 Å². The fourth-order valence-corrected chi connectivity index (χ4v) is 4.14. The van der Waals surface area contributed by atoms with Crippen LogP contribution in [0.15, 0.2) is 24.3 Å². The molecule has 1 aliphatic carbocycles. The fourth-order valence-electron chi connectivity index (χ4n) is 2.89. The maximum atomic E-state index is 13.9. The summed E-state index contributed by atoms with van der Waals surface area (Å²) in [6.45, 7) is 1.58. The van der Waals surface area contributed by atoms with Gasteiger partial charge in [-0.15, -0.1) is 0 Å². The van der Waals surface area contributed by atoms with Crippen molar-refractivity contribution in [3.8, 4) is 0 Å². The van der Waals surface area contributed by atoms with E-state index < -0.39 is 0 Å². The molecule has 1 aromatic carbocycles. The van der Waals surface area contributed by atoms with Crippen molar-refractivity contribution in [1.29, 1.82) is 0 Å². The van der Waals surface area contributed by atoms with Crippen LogP contribution in [-0.2, 0) is 4.79 Å². The molecule has 0 radical (unpaired) electrons. The molecule has 1 saturated heterocycles. The number of rotatable bonds is 2. The summed E-state index contributed by atoms with van der Waals surface area (Å²) < 4.78 is 13.9. The summed E-state index contributed by atoms with van der Waals surface area (Å²) in [5, 5.41) is 0.176. The molecule has 1 atom stereocenters. The van der Waals surface area contributed by atoms with Crippen LogP contribution in [0.5, 0.6) is 0 Å². The first kappa shape index (κ1) is 13.9. The van der Waals surface area contributed by atoms with Crippen LogP contribution in [-0.4, -0.2) is 29.6 Å². The third-order valence-corrected chi connectivity index (χ3v) is 5.67. The molecule has 2 aliphatic rings. The molecular formula is C16H20FNOS. The maximum absolute atomic E-state index is 13.9. The van der Waals surface area contributed by atoms with Crippen molar-refractivity contribution >= 4 is 17.7 Å². The Morgan fingerprint density at radius 3 is 2.70 bits per heavy atom. The van der Waals surface area contributed by atoms with Crippen molar-refractivity contribution in [3.05, 3.63) is 35.6 Å². The minimum Gasteiger partial charge on any atom is -0.342 e. The average molecular weight is 293 g/mol. The predicted octanol–water partition coefficient (Wildman–Crippen LogP) is 3.63. The molecule has 2 fully saturated rings. The van der Waals surface area contributed by atoms with Gasteiger partial charge in [0, 0.05) is 35.6 Å². The summed E-state index contributed by atoms with van der Waals surface area (Å²) in [6, 6.07) is 7.02. The standard InChI is InChI=1S/C16H20FNOS/c17-14-7-2-1-6-13(14)15-8-9-18(10-11-20-15)16(19)12-4-3-5-12/h1-2,6-7,12,15H,3-5,8-11H2/t15-/m1/s1. The quantitative estimate of drug-likeness (QED) is 0.830. The van der Waals surface area contributed by atoms with Gasteiger partial charge in [0.05, 0.1) is 0 Å². The van der Waals surface area contributed by atoms with Gasteiger partial charge < -0.3 is 4.90 Å². The van der Waals surface area contributed by atoms with E-state index in [9.17, 15) is 9.18 Å². The van der Waals surface area contributed by atoms with Crippen molar-refractivity contribution in [2.24, 2.45) is 5.92 Å². The topological polar surface area (TPSA) is 20.3 Å². The normalized spacial score (nSPS) is 24.1. The van der Waals surface area contributed by atoms with Gasteiger partial charge in [-0.25, -0.2) is 4.39 Å². The summed E-state index contributed by atoms with van der Waals surface area (Å²) in [5.74, 6) is 1.37. The first-order chi connectivity index (χ1) is 9.75. The van der Waals surface area contributed by atoms with E-state index in [1.807, 2.05) is 17.0 Å². The second kappa shape index (κ2) is 6.17. The van der Waals surface area contributed by atoms with Crippen molar-refractivity contribution in [3.63, 3.8) is 0 Å². The van der Waals surface area contributed by atoms with Crippen LogP contribution in [0.3, 0.4) is 0 Å². The molecule has 0 aromatic heterocycles. The zero-order chi connectivity index (χ0) is 13.9. The molecule has 0 unspecified atom stereocenters. The van der Waals surface area contributed by atoms with Crippen LogP contribution >= 0.6 is 11.8 Å². The number of amides is 1. The highest BCUT2D eigenvalue weighted by atomic mass is 32.2. The Hall–Kier alpha value is -1.03. The molecule has 3 rings (SSSR count). The van der Waals surface area contributed by atoms with Gasteiger partial charge in [0.1, 0.15) is 5.82 Å². The summed E-state index contributed by atoms with van der Waals surface area (Å²) in [5.41, 5.74) is 0.787. The number of carbonyl (C=O) groups is 1. The van der Waals surface area contributed by atoms with Crippen LogP contribution in [0.2, 0.25) is 0 Å². The van der Waals surface area contributed by atoms with Crippen LogP contribution in [0.4, 0.5) is 4.39 Å². The van der Waals surface area contributed by atoms with Crippen molar-refractivity contribution < 1.29 is 9.18 Å². The van der Waals surface area contributed by atoms with E-state index >= 15 is 0 Å². The minimum atomic E-state index is -0.122. The Balaban J connectivity index is 1.64. The molecule has 108 valence electrons. The van der Waals surface area contributed by atoms with Crippen molar-refractivity contribution in [1.82, 2.24) is 4.90 Å². The van der Waals surface area contributed by atoms with Gasteiger partial charge in [-0.2, -0.15) is 11.8 Å². The van der Waals surface area contributed by atoms with Gasteiger partial charge in [0.25, 0.3) is 0 Å². The van der Waals surface area contributed by atoms with Gasteiger partial charge in [-0.1, -0.05) is 24.6 Å². The van der Waals surface area contributed by atoms with Crippen LogP contribution in [0.1, 0.15) is 36.5 Å². The van der Waals surface area contributed by atoms with E-state index in [1.165, 1.54) is 12.5 Å². The van der Waals surface area contributed by atoms with Gasteiger partial charge >= 0.3 is 0 Å². The molecule has 1 aromatic rings. The third-order valence-electron chi connectivity index (χ3n) is 4.36. The van der Waals surface area contributed by atoms with E-state index in [4.69, 9.17) is 0 Å². The Labute approximate surface area is 123 Å². The van der Waals surface area contributed by atoms with Crippen LogP contribution in [0.25, 0.3) is 0 Å². The molecule has 4 heteroatoms. The largest absolute Gasteiger partial charge is 0.342 e. The number of nitrogens with zero attached hydrogens (tertiary/aromatic N) is 1. The highest BCUT2D eigenvalue weighted by Gasteiger charge is 2.31.